The lowest BCUT2D eigenvalue weighted by Crippen LogP contribution is -2.28. The molecule has 0 saturated carbocycles. The minimum Gasteiger partial charge on any atom is -0.355 e. The smallest absolute Gasteiger partial charge is 0.274 e. The van der Waals surface area contributed by atoms with Crippen LogP contribution >= 0.6 is 0 Å². The summed E-state index contributed by atoms with van der Waals surface area (Å²) in [5.74, 6) is 0.787. The lowest BCUT2D eigenvalue weighted by atomic mass is 10.1. The van der Waals surface area contributed by atoms with E-state index in [-0.39, 0.29) is 17.6 Å². The van der Waals surface area contributed by atoms with E-state index in [4.69, 9.17) is 4.52 Å². The first-order chi connectivity index (χ1) is 13.1. The van der Waals surface area contributed by atoms with E-state index in [1.165, 1.54) is 0 Å². The SMILES string of the molecule is CCC(NC(=O)c1cc(-c2cnn(C)c2C)on1)c1cn2cccnc2n1. The standard InChI is InChI=1S/C18H19N7O2/c1-4-13(15-10-25-7-5-6-19-18(25)22-15)21-17(26)14-8-16(27-23-14)12-9-20-24(3)11(12)2/h5-10,13H,4H2,1-3H3,(H,21,26). The van der Waals surface area contributed by atoms with E-state index in [2.05, 4.69) is 25.5 Å². The van der Waals surface area contributed by atoms with Gasteiger partial charge in [0.25, 0.3) is 5.91 Å². The Morgan fingerprint density at radius 3 is 2.96 bits per heavy atom. The van der Waals surface area contributed by atoms with Crippen LogP contribution in [0.1, 0.15) is 41.3 Å². The van der Waals surface area contributed by atoms with Gasteiger partial charge in [-0.15, -0.1) is 0 Å². The number of amides is 1. The normalized spacial score (nSPS) is 12.4. The van der Waals surface area contributed by atoms with E-state index in [9.17, 15) is 4.79 Å². The molecule has 1 amide bonds. The number of imidazole rings is 1. The van der Waals surface area contributed by atoms with Crippen LogP contribution in [0.2, 0.25) is 0 Å². The van der Waals surface area contributed by atoms with Crippen LogP contribution in [0.5, 0.6) is 0 Å². The van der Waals surface area contributed by atoms with Gasteiger partial charge in [0.1, 0.15) is 0 Å². The Hall–Kier alpha value is -3.49. The minimum atomic E-state index is -0.316. The number of aromatic nitrogens is 6. The maximum atomic E-state index is 12.6. The molecule has 0 saturated heterocycles. The second-order valence-electron chi connectivity index (χ2n) is 6.27. The number of hydrogen-bond donors (Lipinski definition) is 1. The molecule has 0 fully saturated rings. The molecule has 0 radical (unpaired) electrons. The number of hydrogen-bond acceptors (Lipinski definition) is 6. The summed E-state index contributed by atoms with van der Waals surface area (Å²) in [7, 11) is 1.85. The number of fused-ring (bicyclic) bond motifs is 1. The van der Waals surface area contributed by atoms with Crippen LogP contribution < -0.4 is 5.32 Å². The van der Waals surface area contributed by atoms with Gasteiger partial charge in [0, 0.05) is 37.4 Å². The Balaban J connectivity index is 1.55. The summed E-state index contributed by atoms with van der Waals surface area (Å²) in [6.07, 6.45) is 7.79. The zero-order valence-corrected chi connectivity index (χ0v) is 15.2. The van der Waals surface area contributed by atoms with Crippen molar-refractivity contribution >= 4 is 11.7 Å². The maximum absolute atomic E-state index is 12.6. The number of nitrogens with zero attached hydrogens (tertiary/aromatic N) is 6. The van der Waals surface area contributed by atoms with Gasteiger partial charge in [-0.3, -0.25) is 13.9 Å². The number of carbonyl (C=O) groups is 1. The molecular weight excluding hydrogens is 346 g/mol. The zero-order chi connectivity index (χ0) is 19.0. The summed E-state index contributed by atoms with van der Waals surface area (Å²) in [5, 5.41) is 11.0. The van der Waals surface area contributed by atoms with Crippen molar-refractivity contribution in [2.45, 2.75) is 26.3 Å². The fourth-order valence-electron chi connectivity index (χ4n) is 2.88. The van der Waals surface area contributed by atoms with Crippen LogP contribution in [-0.2, 0) is 7.05 Å². The zero-order valence-electron chi connectivity index (χ0n) is 15.2. The largest absolute Gasteiger partial charge is 0.355 e. The molecule has 1 N–H and O–H groups in total. The Morgan fingerprint density at radius 1 is 1.41 bits per heavy atom. The highest BCUT2D eigenvalue weighted by Crippen LogP contribution is 2.24. The van der Waals surface area contributed by atoms with E-state index in [1.807, 2.05) is 43.8 Å². The Bertz CT molecular complexity index is 1080. The van der Waals surface area contributed by atoms with Gasteiger partial charge in [-0.1, -0.05) is 12.1 Å². The van der Waals surface area contributed by atoms with Gasteiger partial charge in [0.15, 0.2) is 11.5 Å². The second kappa shape index (κ2) is 6.67. The lowest BCUT2D eigenvalue weighted by molar-refractivity contribution is 0.0925. The van der Waals surface area contributed by atoms with Gasteiger partial charge in [0.05, 0.1) is 23.5 Å². The van der Waals surface area contributed by atoms with E-state index in [0.29, 0.717) is 18.0 Å². The summed E-state index contributed by atoms with van der Waals surface area (Å²) in [6, 6.07) is 3.20. The first kappa shape index (κ1) is 17.0. The summed E-state index contributed by atoms with van der Waals surface area (Å²) in [6.45, 7) is 3.91. The predicted molar refractivity (Wildman–Crippen MR) is 96.9 cm³/mol. The van der Waals surface area contributed by atoms with E-state index < -0.39 is 0 Å². The predicted octanol–water partition coefficient (Wildman–Crippen LogP) is 2.31. The molecule has 0 aliphatic heterocycles. The van der Waals surface area contributed by atoms with E-state index in [1.54, 1.807) is 23.1 Å². The molecule has 27 heavy (non-hydrogen) atoms. The minimum absolute atomic E-state index is 0.216. The van der Waals surface area contributed by atoms with Gasteiger partial charge in [-0.05, 0) is 19.4 Å². The first-order valence-electron chi connectivity index (χ1n) is 8.63. The van der Waals surface area contributed by atoms with Crippen LogP contribution in [-0.4, -0.2) is 35.2 Å². The highest BCUT2D eigenvalue weighted by atomic mass is 16.5. The fourth-order valence-corrected chi connectivity index (χ4v) is 2.88. The van der Waals surface area contributed by atoms with Gasteiger partial charge in [-0.25, -0.2) is 9.97 Å². The molecule has 1 atom stereocenters. The lowest BCUT2D eigenvalue weighted by Gasteiger charge is -2.13. The van der Waals surface area contributed by atoms with Crippen molar-refractivity contribution in [2.24, 2.45) is 7.05 Å². The average Bonchev–Trinajstić information content (AvgIpc) is 3.39. The number of nitrogens with one attached hydrogen (secondary N) is 1. The number of aryl methyl sites for hydroxylation is 1. The molecular formula is C18H19N7O2. The number of carbonyl (C=O) groups excluding carboxylic acids is 1. The third kappa shape index (κ3) is 3.07. The Morgan fingerprint density at radius 2 is 2.26 bits per heavy atom. The molecule has 4 heterocycles. The van der Waals surface area contributed by atoms with E-state index in [0.717, 1.165) is 17.0 Å². The number of rotatable bonds is 5. The van der Waals surface area contributed by atoms with Crippen LogP contribution in [0.25, 0.3) is 17.1 Å². The molecule has 9 heteroatoms. The van der Waals surface area contributed by atoms with Crippen LogP contribution in [0.3, 0.4) is 0 Å². The van der Waals surface area contributed by atoms with E-state index >= 15 is 0 Å². The van der Waals surface area contributed by atoms with Gasteiger partial charge in [-0.2, -0.15) is 5.10 Å². The molecule has 4 aromatic heterocycles. The highest BCUT2D eigenvalue weighted by Gasteiger charge is 2.21. The summed E-state index contributed by atoms with van der Waals surface area (Å²) in [4.78, 5) is 21.3. The van der Waals surface area contributed by atoms with Crippen LogP contribution in [0, 0.1) is 6.92 Å². The van der Waals surface area contributed by atoms with Crippen molar-refractivity contribution < 1.29 is 9.32 Å². The summed E-state index contributed by atoms with van der Waals surface area (Å²) in [5.41, 5.74) is 2.70. The van der Waals surface area contributed by atoms with Crippen molar-refractivity contribution in [1.82, 2.24) is 34.6 Å². The summed E-state index contributed by atoms with van der Waals surface area (Å²) >= 11 is 0. The van der Waals surface area contributed by atoms with Gasteiger partial charge >= 0.3 is 0 Å². The molecule has 1 unspecified atom stereocenters. The Kier molecular flexibility index (Phi) is 4.19. The van der Waals surface area contributed by atoms with Crippen molar-refractivity contribution in [2.75, 3.05) is 0 Å². The first-order valence-corrected chi connectivity index (χ1v) is 8.63. The third-order valence-electron chi connectivity index (χ3n) is 4.57. The van der Waals surface area contributed by atoms with Gasteiger partial charge in [0.2, 0.25) is 5.78 Å². The average molecular weight is 365 g/mol. The molecule has 0 spiro atoms. The second-order valence-corrected chi connectivity index (χ2v) is 6.27. The molecule has 0 bridgehead atoms. The molecule has 0 aliphatic rings. The monoisotopic (exact) mass is 365 g/mol. The van der Waals surface area contributed by atoms with Crippen LogP contribution in [0.15, 0.2) is 41.4 Å². The molecule has 138 valence electrons. The fraction of sp³-hybridized carbons (Fsp3) is 0.278. The maximum Gasteiger partial charge on any atom is 0.274 e. The van der Waals surface area contributed by atoms with Gasteiger partial charge < -0.3 is 9.84 Å². The quantitative estimate of drug-likeness (QED) is 0.582. The van der Waals surface area contributed by atoms with Crippen molar-refractivity contribution in [3.63, 3.8) is 0 Å². The third-order valence-corrected chi connectivity index (χ3v) is 4.57. The molecule has 4 rings (SSSR count). The molecule has 0 aliphatic carbocycles. The Labute approximate surface area is 155 Å². The van der Waals surface area contributed by atoms with Crippen molar-refractivity contribution in [3.05, 3.63) is 54.0 Å². The van der Waals surface area contributed by atoms with Crippen molar-refractivity contribution in [3.8, 4) is 11.3 Å². The molecule has 4 aromatic rings. The summed E-state index contributed by atoms with van der Waals surface area (Å²) < 4.78 is 8.90. The molecule has 0 aromatic carbocycles. The molecule has 9 nitrogen and oxygen atoms in total. The van der Waals surface area contributed by atoms with Crippen LogP contribution in [0.4, 0.5) is 0 Å². The van der Waals surface area contributed by atoms with Crippen molar-refractivity contribution in [1.29, 1.82) is 0 Å². The topological polar surface area (TPSA) is 103 Å². The highest BCUT2D eigenvalue weighted by molar-refractivity contribution is 5.93.